The largest absolute Gasteiger partial charge is 0.691 e. The molecule has 0 unspecified atom stereocenters. The van der Waals surface area contributed by atoms with Gasteiger partial charge in [-0.1, -0.05) is 20.5 Å². The van der Waals surface area contributed by atoms with Crippen LogP contribution in [0.5, 0.6) is 0 Å². The third-order valence-electron chi connectivity index (χ3n) is 1.73. The Morgan fingerprint density at radius 2 is 2.38 bits per heavy atom. The molecule has 4 nitrogen and oxygen atoms in total. The van der Waals surface area contributed by atoms with E-state index in [-0.39, 0.29) is 0 Å². The molecule has 0 spiro atoms. The normalized spacial score (nSPS) is 15.2. The molecule has 1 aromatic carbocycles. The molecule has 0 aromatic heterocycles. The first-order valence-corrected chi connectivity index (χ1v) is 4.70. The van der Waals surface area contributed by atoms with Crippen LogP contribution in [0.3, 0.4) is 0 Å². The van der Waals surface area contributed by atoms with E-state index in [0.29, 0.717) is 17.1 Å². The summed E-state index contributed by atoms with van der Waals surface area (Å²) in [5.41, 5.74) is 1.40. The van der Waals surface area contributed by atoms with Crippen LogP contribution < -0.4 is 0 Å². The minimum atomic E-state index is 0.447. The van der Waals surface area contributed by atoms with E-state index in [1.54, 1.807) is 6.07 Å². The van der Waals surface area contributed by atoms with Crippen molar-refractivity contribution in [3.05, 3.63) is 33.4 Å². The molecule has 13 heavy (non-hydrogen) atoms. The second kappa shape index (κ2) is 3.16. The van der Waals surface area contributed by atoms with E-state index in [1.165, 1.54) is 0 Å². The van der Waals surface area contributed by atoms with Gasteiger partial charge < -0.3 is 5.21 Å². The summed E-state index contributed by atoms with van der Waals surface area (Å²) >= 11 is 8.87. The Morgan fingerprint density at radius 3 is 3.15 bits per heavy atom. The van der Waals surface area contributed by atoms with Gasteiger partial charge in [0, 0.05) is 16.1 Å². The Labute approximate surface area is 88.2 Å². The van der Waals surface area contributed by atoms with Crippen molar-refractivity contribution >= 4 is 33.4 Å². The van der Waals surface area contributed by atoms with Crippen molar-refractivity contribution in [1.82, 2.24) is 4.53 Å². The minimum Gasteiger partial charge on any atom is -0.691 e. The van der Waals surface area contributed by atoms with Gasteiger partial charge in [0.15, 0.2) is 24.0 Å². The third-order valence-corrected chi connectivity index (χ3v) is 2.41. The van der Waals surface area contributed by atoms with Crippen LogP contribution in [-0.2, 0) is 6.54 Å². The summed E-state index contributed by atoms with van der Waals surface area (Å²) in [5.74, 6) is 0. The zero-order chi connectivity index (χ0) is 9.42. The van der Waals surface area contributed by atoms with E-state index in [4.69, 9.17) is 11.8 Å². The van der Waals surface area contributed by atoms with E-state index >= 15 is 0 Å². The number of hydrogen-bond donors (Lipinski definition) is 0. The van der Waals surface area contributed by atoms with Crippen molar-refractivity contribution in [2.75, 3.05) is 0 Å². The number of halogens is 2. The zero-order valence-electron chi connectivity index (χ0n) is 6.44. The summed E-state index contributed by atoms with van der Waals surface area (Å²) in [6.45, 7) is 0.447. The molecular formula is C7H5BrClN3O. The van der Waals surface area contributed by atoms with Crippen LogP contribution in [0.15, 0.2) is 27.9 Å². The average molecular weight is 262 g/mol. The Bertz CT molecular complexity index is 382. The second-order valence-corrected chi connectivity index (χ2v) is 3.94. The molecule has 2 rings (SSSR count). The fourth-order valence-corrected chi connectivity index (χ4v) is 1.70. The fraction of sp³-hybridized carbons (Fsp3) is 0.143. The van der Waals surface area contributed by atoms with Crippen LogP contribution >= 0.6 is 27.7 Å². The Morgan fingerprint density at radius 1 is 1.62 bits per heavy atom. The van der Waals surface area contributed by atoms with Crippen molar-refractivity contribution in [2.45, 2.75) is 6.54 Å². The smallest absolute Gasteiger partial charge is 0.164 e. The molecule has 0 amide bonds. The number of fused-ring (bicyclic) bond motifs is 1. The maximum atomic E-state index is 11.3. The summed E-state index contributed by atoms with van der Waals surface area (Å²) in [6, 6.07) is 5.42. The molecule has 0 fully saturated rings. The first-order chi connectivity index (χ1) is 6.16. The monoisotopic (exact) mass is 261 g/mol. The number of hydrogen-bond acceptors (Lipinski definition) is 3. The van der Waals surface area contributed by atoms with Crippen LogP contribution in [0.2, 0.25) is 0 Å². The molecule has 1 aromatic rings. The lowest BCUT2D eigenvalue weighted by Crippen LogP contribution is -2.14. The maximum Gasteiger partial charge on any atom is 0.164 e. The van der Waals surface area contributed by atoms with Crippen LogP contribution in [-0.4, -0.2) is 9.39 Å². The summed E-state index contributed by atoms with van der Waals surface area (Å²) in [7, 11) is 0. The van der Waals surface area contributed by atoms with Crippen molar-refractivity contribution in [3.63, 3.8) is 0 Å². The molecule has 68 valence electrons. The highest BCUT2D eigenvalue weighted by molar-refractivity contribution is 9.10. The molecule has 1 aliphatic heterocycles. The van der Waals surface area contributed by atoms with Gasteiger partial charge in [-0.15, -0.1) is 4.86 Å². The van der Waals surface area contributed by atoms with Crippen LogP contribution in [0.1, 0.15) is 5.56 Å². The van der Waals surface area contributed by atoms with Gasteiger partial charge in [-0.2, -0.15) is 0 Å². The number of nitrogens with zero attached hydrogens (tertiary/aromatic N) is 3. The van der Waals surface area contributed by atoms with E-state index in [1.807, 2.05) is 12.1 Å². The first kappa shape index (κ1) is 8.77. The van der Waals surface area contributed by atoms with Crippen LogP contribution in [0, 0.1) is 5.21 Å². The summed E-state index contributed by atoms with van der Waals surface area (Å²) in [6.07, 6.45) is 0. The maximum absolute atomic E-state index is 11.3. The van der Waals surface area contributed by atoms with Gasteiger partial charge in [-0.05, 0) is 12.1 Å². The molecule has 0 aliphatic carbocycles. The molecule has 0 saturated carbocycles. The van der Waals surface area contributed by atoms with Crippen molar-refractivity contribution < 1.29 is 4.86 Å². The number of benzene rings is 1. The lowest BCUT2D eigenvalue weighted by Gasteiger charge is -2.16. The lowest BCUT2D eigenvalue weighted by atomic mass is 10.2. The molecule has 0 atom stereocenters. The summed E-state index contributed by atoms with van der Waals surface area (Å²) in [4.78, 5) is 0.511. The summed E-state index contributed by atoms with van der Waals surface area (Å²) in [5, 5.41) is 14.8. The molecule has 1 aliphatic rings. The van der Waals surface area contributed by atoms with Gasteiger partial charge >= 0.3 is 0 Å². The van der Waals surface area contributed by atoms with Crippen LogP contribution in [0.4, 0.5) is 5.69 Å². The fourth-order valence-electron chi connectivity index (χ4n) is 1.16. The standard InChI is InChI=1S/C7H5BrClN3O/c8-6-2-1-5-4-11(9)10-12(13)7(5)3-6/h1-3H,4H2. The van der Waals surface area contributed by atoms with Crippen LogP contribution in [0.25, 0.3) is 0 Å². The quantitative estimate of drug-likeness (QED) is 0.410. The molecule has 0 saturated heterocycles. The SMILES string of the molecule is [O-][N+]1=NN(Cl)Cc2ccc(Br)cc21. The third kappa shape index (κ3) is 1.62. The van der Waals surface area contributed by atoms with Gasteiger partial charge in [-0.3, -0.25) is 0 Å². The highest BCUT2D eigenvalue weighted by Crippen LogP contribution is 2.29. The highest BCUT2D eigenvalue weighted by Gasteiger charge is 2.20. The molecule has 0 N–H and O–H groups in total. The molecule has 6 heteroatoms. The highest BCUT2D eigenvalue weighted by atomic mass is 79.9. The second-order valence-electron chi connectivity index (χ2n) is 2.63. The lowest BCUT2D eigenvalue weighted by molar-refractivity contribution is -0.463. The molecular weight excluding hydrogens is 257 g/mol. The molecule has 0 bridgehead atoms. The van der Waals surface area contributed by atoms with Gasteiger partial charge in [0.1, 0.15) is 5.22 Å². The van der Waals surface area contributed by atoms with Gasteiger partial charge in [0.25, 0.3) is 0 Å². The predicted molar refractivity (Wildman–Crippen MR) is 51.3 cm³/mol. The van der Waals surface area contributed by atoms with Gasteiger partial charge in [0.05, 0.1) is 0 Å². The summed E-state index contributed by atoms with van der Waals surface area (Å²) < 4.78 is 1.94. The van der Waals surface area contributed by atoms with Gasteiger partial charge in [0.2, 0.25) is 0 Å². The molecule has 0 radical (unpaired) electrons. The van der Waals surface area contributed by atoms with Crippen molar-refractivity contribution in [3.8, 4) is 0 Å². The first-order valence-electron chi connectivity index (χ1n) is 3.57. The van der Waals surface area contributed by atoms with Crippen molar-refractivity contribution in [1.29, 1.82) is 0 Å². The molecule has 1 heterocycles. The van der Waals surface area contributed by atoms with E-state index in [2.05, 4.69) is 21.2 Å². The zero-order valence-corrected chi connectivity index (χ0v) is 8.79. The predicted octanol–water partition coefficient (Wildman–Crippen LogP) is 2.93. The minimum absolute atomic E-state index is 0.447. The van der Waals surface area contributed by atoms with E-state index in [0.717, 1.165) is 14.6 Å². The van der Waals surface area contributed by atoms with Crippen molar-refractivity contribution in [2.24, 2.45) is 5.22 Å². The van der Waals surface area contributed by atoms with E-state index < -0.39 is 0 Å². The topological polar surface area (TPSA) is 41.7 Å². The number of rotatable bonds is 0. The van der Waals surface area contributed by atoms with Gasteiger partial charge in [-0.25, -0.2) is 0 Å². The Balaban J connectivity index is 2.54. The van der Waals surface area contributed by atoms with E-state index in [9.17, 15) is 5.21 Å². The Kier molecular flexibility index (Phi) is 2.13. The Hall–Kier alpha value is -0.810. The average Bonchev–Trinajstić information content (AvgIpc) is 2.06.